The Kier molecular flexibility index (Phi) is 27.9. The molecular weight excluding hydrogens is 350 g/mol. The van der Waals surface area contributed by atoms with Crippen molar-refractivity contribution in [1.82, 2.24) is 5.32 Å². The lowest BCUT2D eigenvalue weighted by molar-refractivity contribution is 0.516. The average molecular weight is 410 g/mol. The summed E-state index contributed by atoms with van der Waals surface area (Å²) in [5.74, 6) is 0. The first-order valence-electron chi connectivity index (χ1n) is 14.1. The quantitative estimate of drug-likeness (QED) is 0.140. The van der Waals surface area contributed by atoms with Crippen molar-refractivity contribution in [1.29, 1.82) is 0 Å². The van der Waals surface area contributed by atoms with E-state index < -0.39 is 0 Å². The van der Waals surface area contributed by atoms with Crippen LogP contribution in [0.1, 0.15) is 168 Å². The minimum atomic E-state index is 1.22. The summed E-state index contributed by atoms with van der Waals surface area (Å²) < 4.78 is 0. The van der Waals surface area contributed by atoms with Crippen LogP contribution in [0.2, 0.25) is 0 Å². The summed E-state index contributed by atoms with van der Waals surface area (Å²) in [5, 5.41) is 3.55. The van der Waals surface area contributed by atoms with Crippen LogP contribution in [-0.2, 0) is 0 Å². The van der Waals surface area contributed by atoms with Gasteiger partial charge in [-0.1, -0.05) is 155 Å². The van der Waals surface area contributed by atoms with Crippen LogP contribution in [0.3, 0.4) is 0 Å². The first-order chi connectivity index (χ1) is 14.4. The number of nitrogens with one attached hydrogen (secondary N) is 1. The number of hydrogen-bond donors (Lipinski definition) is 1. The average Bonchev–Trinajstić information content (AvgIpc) is 2.74. The van der Waals surface area contributed by atoms with E-state index in [1.54, 1.807) is 0 Å². The molecule has 1 nitrogen and oxygen atoms in total. The third-order valence-electron chi connectivity index (χ3n) is 6.41. The molecule has 29 heavy (non-hydrogen) atoms. The molecule has 0 spiro atoms. The monoisotopic (exact) mass is 409 g/mol. The Balaban J connectivity index is 2.97. The van der Waals surface area contributed by atoms with Gasteiger partial charge >= 0.3 is 0 Å². The molecule has 0 amide bonds. The molecule has 0 aliphatic rings. The van der Waals surface area contributed by atoms with Crippen molar-refractivity contribution in [2.45, 2.75) is 168 Å². The summed E-state index contributed by atoms with van der Waals surface area (Å²) in [6, 6.07) is 0. The standard InChI is InChI=1S/C28H59N/c1-3-5-7-8-9-10-11-12-13-14-15-16-17-18-19-20-21-22-23-24-25-26-28-29-27-6-4-2/h29H,3-28H2,1-2H3. The molecule has 0 saturated carbocycles. The third-order valence-corrected chi connectivity index (χ3v) is 6.41. The van der Waals surface area contributed by atoms with Crippen molar-refractivity contribution in [3.05, 3.63) is 0 Å². The topological polar surface area (TPSA) is 12.0 Å². The largest absolute Gasteiger partial charge is 0.317 e. The van der Waals surface area contributed by atoms with Gasteiger partial charge in [0.15, 0.2) is 0 Å². The molecule has 0 unspecified atom stereocenters. The summed E-state index contributed by atoms with van der Waals surface area (Å²) in [6.07, 6.45) is 34.9. The molecule has 0 saturated heterocycles. The van der Waals surface area contributed by atoms with Crippen LogP contribution in [-0.4, -0.2) is 13.1 Å². The van der Waals surface area contributed by atoms with Gasteiger partial charge in [0.05, 0.1) is 0 Å². The molecule has 0 aromatic carbocycles. The second kappa shape index (κ2) is 28.0. The molecule has 0 rings (SSSR count). The molecule has 0 atom stereocenters. The Morgan fingerprint density at radius 1 is 0.276 bits per heavy atom. The number of rotatable bonds is 26. The molecule has 1 N–H and O–H groups in total. The van der Waals surface area contributed by atoms with Gasteiger partial charge < -0.3 is 5.32 Å². The molecule has 1 heteroatoms. The summed E-state index contributed by atoms with van der Waals surface area (Å²) >= 11 is 0. The highest BCUT2D eigenvalue weighted by molar-refractivity contribution is 4.52. The predicted octanol–water partition coefficient (Wildman–Crippen LogP) is 9.98. The van der Waals surface area contributed by atoms with E-state index in [9.17, 15) is 0 Å². The summed E-state index contributed by atoms with van der Waals surface area (Å²) in [5.41, 5.74) is 0. The molecule has 0 fully saturated rings. The zero-order valence-corrected chi connectivity index (χ0v) is 20.9. The minimum Gasteiger partial charge on any atom is -0.317 e. The van der Waals surface area contributed by atoms with Gasteiger partial charge in [-0.15, -0.1) is 0 Å². The van der Waals surface area contributed by atoms with E-state index in [1.165, 1.54) is 167 Å². The predicted molar refractivity (Wildman–Crippen MR) is 135 cm³/mol. The van der Waals surface area contributed by atoms with Crippen LogP contribution in [0, 0.1) is 0 Å². The maximum atomic E-state index is 3.55. The molecule has 0 aromatic heterocycles. The van der Waals surface area contributed by atoms with E-state index in [0.717, 1.165) is 0 Å². The van der Waals surface area contributed by atoms with Crippen molar-refractivity contribution in [3.63, 3.8) is 0 Å². The molecular formula is C28H59N. The number of hydrogen-bond acceptors (Lipinski definition) is 1. The summed E-state index contributed by atoms with van der Waals surface area (Å²) in [7, 11) is 0. The van der Waals surface area contributed by atoms with Crippen LogP contribution >= 0.6 is 0 Å². The van der Waals surface area contributed by atoms with Gasteiger partial charge in [0.25, 0.3) is 0 Å². The Labute approximate surface area is 186 Å². The summed E-state index contributed by atoms with van der Waals surface area (Å²) in [6.45, 7) is 7.02. The highest BCUT2D eigenvalue weighted by Gasteiger charge is 1.96. The fourth-order valence-electron chi connectivity index (χ4n) is 4.29. The van der Waals surface area contributed by atoms with Gasteiger partial charge in [-0.3, -0.25) is 0 Å². The Bertz CT molecular complexity index is 237. The van der Waals surface area contributed by atoms with Crippen LogP contribution in [0.4, 0.5) is 0 Å². The van der Waals surface area contributed by atoms with E-state index in [-0.39, 0.29) is 0 Å². The van der Waals surface area contributed by atoms with Crippen molar-refractivity contribution >= 4 is 0 Å². The molecule has 0 aromatic rings. The second-order valence-electron chi connectivity index (χ2n) is 9.53. The van der Waals surface area contributed by atoms with Gasteiger partial charge in [-0.2, -0.15) is 0 Å². The Morgan fingerprint density at radius 2 is 0.517 bits per heavy atom. The Hall–Kier alpha value is -0.0400. The molecule has 176 valence electrons. The van der Waals surface area contributed by atoms with Gasteiger partial charge in [0.1, 0.15) is 0 Å². The highest BCUT2D eigenvalue weighted by Crippen LogP contribution is 2.15. The second-order valence-corrected chi connectivity index (χ2v) is 9.53. The molecule has 0 heterocycles. The van der Waals surface area contributed by atoms with Gasteiger partial charge in [-0.05, 0) is 25.9 Å². The zero-order valence-electron chi connectivity index (χ0n) is 20.9. The zero-order chi connectivity index (χ0) is 21.1. The Morgan fingerprint density at radius 3 is 0.828 bits per heavy atom. The fourth-order valence-corrected chi connectivity index (χ4v) is 4.29. The number of unbranched alkanes of at least 4 members (excludes halogenated alkanes) is 22. The van der Waals surface area contributed by atoms with Crippen LogP contribution < -0.4 is 5.32 Å². The van der Waals surface area contributed by atoms with Gasteiger partial charge in [0, 0.05) is 0 Å². The summed E-state index contributed by atoms with van der Waals surface area (Å²) in [4.78, 5) is 0. The van der Waals surface area contributed by atoms with Gasteiger partial charge in [-0.25, -0.2) is 0 Å². The minimum absolute atomic E-state index is 1.22. The fraction of sp³-hybridized carbons (Fsp3) is 1.00. The first kappa shape index (κ1) is 29.0. The van der Waals surface area contributed by atoms with Crippen molar-refractivity contribution in [3.8, 4) is 0 Å². The van der Waals surface area contributed by atoms with Crippen molar-refractivity contribution in [2.24, 2.45) is 0 Å². The SMILES string of the molecule is CCCCCCCCCCCCCCCCCCCCCCCCNCCCC. The smallest absolute Gasteiger partial charge is 0.00489 e. The molecule has 0 bridgehead atoms. The normalized spacial score (nSPS) is 11.4. The van der Waals surface area contributed by atoms with E-state index in [2.05, 4.69) is 19.2 Å². The van der Waals surface area contributed by atoms with E-state index in [4.69, 9.17) is 0 Å². The molecule has 0 radical (unpaired) electrons. The van der Waals surface area contributed by atoms with Crippen LogP contribution in [0.5, 0.6) is 0 Å². The first-order valence-corrected chi connectivity index (χ1v) is 14.1. The lowest BCUT2D eigenvalue weighted by Crippen LogP contribution is -2.16. The van der Waals surface area contributed by atoms with E-state index in [0.29, 0.717) is 0 Å². The van der Waals surface area contributed by atoms with E-state index in [1.807, 2.05) is 0 Å². The lowest BCUT2D eigenvalue weighted by Gasteiger charge is -2.05. The van der Waals surface area contributed by atoms with Crippen LogP contribution in [0.15, 0.2) is 0 Å². The lowest BCUT2D eigenvalue weighted by atomic mass is 10.0. The van der Waals surface area contributed by atoms with Gasteiger partial charge in [0.2, 0.25) is 0 Å². The third kappa shape index (κ3) is 28.0. The highest BCUT2D eigenvalue weighted by atomic mass is 14.8. The molecule has 0 aliphatic carbocycles. The van der Waals surface area contributed by atoms with E-state index >= 15 is 0 Å². The van der Waals surface area contributed by atoms with Crippen molar-refractivity contribution < 1.29 is 0 Å². The maximum Gasteiger partial charge on any atom is -0.00489 e. The maximum absolute atomic E-state index is 3.55. The van der Waals surface area contributed by atoms with Crippen LogP contribution in [0.25, 0.3) is 0 Å². The van der Waals surface area contributed by atoms with Crippen molar-refractivity contribution in [2.75, 3.05) is 13.1 Å². The molecule has 0 aliphatic heterocycles.